The number of unbranched alkanes of at least 4 members (excludes halogenated alkanes) is 14. The highest BCUT2D eigenvalue weighted by Gasteiger charge is 2.20. The average Bonchev–Trinajstić information content (AvgIpc) is 2.96. The number of primary amides is 1. The summed E-state index contributed by atoms with van der Waals surface area (Å²) in [5.41, 5.74) is 16.5. The molecule has 0 saturated carbocycles. The Hall–Kier alpha value is -2.20. The summed E-state index contributed by atoms with van der Waals surface area (Å²) in [6.07, 6.45) is 20.3. The molecule has 0 radical (unpaired) electrons. The minimum absolute atomic E-state index is 0.0485. The zero-order valence-electron chi connectivity index (χ0n) is 26.7. The largest absolute Gasteiger partial charge is 0.368 e. The first kappa shape index (κ1) is 39.8. The van der Waals surface area contributed by atoms with E-state index in [1.807, 2.05) is 0 Å². The van der Waals surface area contributed by atoms with Crippen LogP contribution in [0.1, 0.15) is 148 Å². The Bertz CT molecular complexity index is 706. The van der Waals surface area contributed by atoms with E-state index in [0.29, 0.717) is 45.3 Å². The summed E-state index contributed by atoms with van der Waals surface area (Å²) in [4.78, 5) is 49.0. The van der Waals surface area contributed by atoms with Crippen LogP contribution in [0.25, 0.3) is 0 Å². The van der Waals surface area contributed by atoms with Gasteiger partial charge in [0.05, 0.1) is 0 Å². The molecule has 0 bridgehead atoms. The molecule has 0 aromatic heterocycles. The molecular formula is C32H64N6O4. The van der Waals surface area contributed by atoms with Crippen molar-refractivity contribution < 1.29 is 19.2 Å². The first-order valence-electron chi connectivity index (χ1n) is 16.9. The Labute approximate surface area is 255 Å². The molecule has 10 nitrogen and oxygen atoms in total. The van der Waals surface area contributed by atoms with E-state index in [1.165, 1.54) is 44.9 Å². The number of rotatable bonds is 30. The lowest BCUT2D eigenvalue weighted by atomic mass is 10.1. The smallest absolute Gasteiger partial charge is 0.242 e. The molecule has 246 valence electrons. The van der Waals surface area contributed by atoms with Crippen molar-refractivity contribution in [3.05, 3.63) is 0 Å². The predicted octanol–water partition coefficient (Wildman–Crippen LogP) is 4.08. The van der Waals surface area contributed by atoms with Crippen LogP contribution < -0.4 is 33.2 Å². The van der Waals surface area contributed by atoms with Gasteiger partial charge in [-0.3, -0.25) is 19.2 Å². The topological polar surface area (TPSA) is 182 Å². The van der Waals surface area contributed by atoms with Crippen molar-refractivity contribution in [2.75, 3.05) is 19.6 Å². The van der Waals surface area contributed by atoms with Gasteiger partial charge >= 0.3 is 0 Å². The van der Waals surface area contributed by atoms with Crippen LogP contribution in [-0.2, 0) is 19.2 Å². The van der Waals surface area contributed by atoms with Crippen LogP contribution in [0.5, 0.6) is 0 Å². The monoisotopic (exact) mass is 596 g/mol. The van der Waals surface area contributed by atoms with Crippen LogP contribution in [0.15, 0.2) is 0 Å². The van der Waals surface area contributed by atoms with Crippen molar-refractivity contribution >= 4 is 23.6 Å². The molecule has 0 aliphatic heterocycles. The van der Waals surface area contributed by atoms with Crippen LogP contribution in [0.4, 0.5) is 0 Å². The number of amides is 4. The second-order valence-corrected chi connectivity index (χ2v) is 11.6. The molecule has 4 amide bonds. The Morgan fingerprint density at radius 1 is 0.548 bits per heavy atom. The van der Waals surface area contributed by atoms with E-state index in [0.717, 1.165) is 70.6 Å². The van der Waals surface area contributed by atoms with Gasteiger partial charge in [0, 0.05) is 19.4 Å². The fourth-order valence-corrected chi connectivity index (χ4v) is 4.94. The summed E-state index contributed by atoms with van der Waals surface area (Å²) in [5.74, 6) is -0.839. The van der Waals surface area contributed by atoms with Gasteiger partial charge in [-0.05, 0) is 70.9 Å². The van der Waals surface area contributed by atoms with Crippen molar-refractivity contribution in [2.24, 2.45) is 17.2 Å². The molecule has 0 aliphatic carbocycles. The SMILES string of the molecule is CCCCCCCCCCCC(=O)NC(CCCCN)C(=O)NCCCCCCCC(=O)NC(CCCCN)C(N)=O. The summed E-state index contributed by atoms with van der Waals surface area (Å²) < 4.78 is 0. The minimum Gasteiger partial charge on any atom is -0.368 e. The molecule has 9 N–H and O–H groups in total. The molecule has 0 spiro atoms. The number of hydrogen-bond acceptors (Lipinski definition) is 6. The third-order valence-corrected chi connectivity index (χ3v) is 7.61. The molecule has 42 heavy (non-hydrogen) atoms. The van der Waals surface area contributed by atoms with Crippen molar-refractivity contribution in [1.82, 2.24) is 16.0 Å². The standard InChI is InChI=1S/C32H64N6O4/c1-2-3-4-5-6-7-8-10-13-23-30(40)38-28(21-16-18-25-34)32(42)36-26-19-12-9-11-14-22-29(39)37-27(31(35)41)20-15-17-24-33/h27-28H,2-26,33-34H2,1H3,(H2,35,41)(H,36,42)(H,37,39)(H,38,40). The van der Waals surface area contributed by atoms with Gasteiger partial charge in [-0.2, -0.15) is 0 Å². The van der Waals surface area contributed by atoms with E-state index >= 15 is 0 Å². The highest BCUT2D eigenvalue weighted by Crippen LogP contribution is 2.11. The molecule has 0 aromatic carbocycles. The lowest BCUT2D eigenvalue weighted by Gasteiger charge is -2.18. The third kappa shape index (κ3) is 24.4. The third-order valence-electron chi connectivity index (χ3n) is 7.61. The highest BCUT2D eigenvalue weighted by molar-refractivity contribution is 5.87. The van der Waals surface area contributed by atoms with E-state index in [9.17, 15) is 19.2 Å². The van der Waals surface area contributed by atoms with Crippen LogP contribution in [0.2, 0.25) is 0 Å². The minimum atomic E-state index is -0.633. The summed E-state index contributed by atoms with van der Waals surface area (Å²) in [6, 6.07) is -1.15. The fraction of sp³-hybridized carbons (Fsp3) is 0.875. The molecule has 10 heteroatoms. The van der Waals surface area contributed by atoms with Gasteiger partial charge in [0.2, 0.25) is 23.6 Å². The van der Waals surface area contributed by atoms with Gasteiger partial charge in [0.25, 0.3) is 0 Å². The maximum absolute atomic E-state index is 12.8. The zero-order valence-corrected chi connectivity index (χ0v) is 26.7. The van der Waals surface area contributed by atoms with Crippen molar-refractivity contribution in [2.45, 2.75) is 160 Å². The number of nitrogens with one attached hydrogen (secondary N) is 3. The van der Waals surface area contributed by atoms with Gasteiger partial charge in [-0.1, -0.05) is 77.6 Å². The van der Waals surface area contributed by atoms with E-state index in [2.05, 4.69) is 22.9 Å². The summed E-state index contributed by atoms with van der Waals surface area (Å²) in [6.45, 7) is 3.91. The van der Waals surface area contributed by atoms with E-state index in [4.69, 9.17) is 17.2 Å². The molecule has 2 atom stereocenters. The Kier molecular flexibility index (Phi) is 27.4. The van der Waals surface area contributed by atoms with Gasteiger partial charge in [-0.15, -0.1) is 0 Å². The number of carbonyl (C=O) groups is 4. The van der Waals surface area contributed by atoms with E-state index in [-0.39, 0.29) is 17.7 Å². The maximum atomic E-state index is 12.8. The lowest BCUT2D eigenvalue weighted by Crippen LogP contribution is -2.47. The Balaban J connectivity index is 4.12. The van der Waals surface area contributed by atoms with Gasteiger partial charge in [0.15, 0.2) is 0 Å². The van der Waals surface area contributed by atoms with Gasteiger partial charge in [-0.25, -0.2) is 0 Å². The first-order chi connectivity index (χ1) is 20.3. The predicted molar refractivity (Wildman–Crippen MR) is 171 cm³/mol. The van der Waals surface area contributed by atoms with Crippen LogP contribution >= 0.6 is 0 Å². The molecular weight excluding hydrogens is 532 g/mol. The number of nitrogens with two attached hydrogens (primary N) is 3. The Morgan fingerprint density at radius 2 is 0.976 bits per heavy atom. The van der Waals surface area contributed by atoms with Crippen LogP contribution in [0.3, 0.4) is 0 Å². The summed E-state index contributed by atoms with van der Waals surface area (Å²) in [7, 11) is 0. The van der Waals surface area contributed by atoms with Gasteiger partial charge < -0.3 is 33.2 Å². The molecule has 0 fully saturated rings. The lowest BCUT2D eigenvalue weighted by molar-refractivity contribution is -0.129. The molecule has 0 saturated heterocycles. The Morgan fingerprint density at radius 3 is 1.45 bits per heavy atom. The molecule has 0 aromatic rings. The maximum Gasteiger partial charge on any atom is 0.242 e. The van der Waals surface area contributed by atoms with Crippen molar-refractivity contribution in [1.29, 1.82) is 0 Å². The van der Waals surface area contributed by atoms with Crippen molar-refractivity contribution in [3.8, 4) is 0 Å². The number of hydrogen-bond donors (Lipinski definition) is 6. The fourth-order valence-electron chi connectivity index (χ4n) is 4.94. The molecule has 0 rings (SSSR count). The molecule has 2 unspecified atom stereocenters. The van der Waals surface area contributed by atoms with Crippen LogP contribution in [-0.4, -0.2) is 55.3 Å². The first-order valence-corrected chi connectivity index (χ1v) is 16.9. The number of carbonyl (C=O) groups excluding carboxylic acids is 4. The van der Waals surface area contributed by atoms with Crippen LogP contribution in [0, 0.1) is 0 Å². The van der Waals surface area contributed by atoms with E-state index in [1.54, 1.807) is 0 Å². The van der Waals surface area contributed by atoms with Crippen molar-refractivity contribution in [3.63, 3.8) is 0 Å². The highest BCUT2D eigenvalue weighted by atomic mass is 16.2. The average molecular weight is 597 g/mol. The second kappa shape index (κ2) is 28.9. The second-order valence-electron chi connectivity index (χ2n) is 11.6. The molecule has 0 heterocycles. The molecule has 0 aliphatic rings. The summed E-state index contributed by atoms with van der Waals surface area (Å²) in [5, 5.41) is 8.66. The van der Waals surface area contributed by atoms with Gasteiger partial charge in [0.1, 0.15) is 12.1 Å². The quantitative estimate of drug-likeness (QED) is 0.0679. The van der Waals surface area contributed by atoms with E-state index < -0.39 is 18.0 Å². The summed E-state index contributed by atoms with van der Waals surface area (Å²) >= 11 is 0. The normalized spacial score (nSPS) is 12.5. The zero-order chi connectivity index (χ0) is 31.3.